The van der Waals surface area contributed by atoms with E-state index in [4.69, 9.17) is 11.6 Å². The molecule has 110 valence electrons. The first kappa shape index (κ1) is 16.0. The lowest BCUT2D eigenvalue weighted by atomic mass is 10.2. The van der Waals surface area contributed by atoms with Gasteiger partial charge in [-0.1, -0.05) is 37.2 Å². The summed E-state index contributed by atoms with van der Waals surface area (Å²) in [5, 5.41) is 2.35. The van der Waals surface area contributed by atoms with Gasteiger partial charge in [-0.3, -0.25) is 0 Å². The van der Waals surface area contributed by atoms with Crippen molar-refractivity contribution in [1.29, 1.82) is 0 Å². The summed E-state index contributed by atoms with van der Waals surface area (Å²) < 4.78 is 0. The Morgan fingerprint density at radius 2 is 2.10 bits per heavy atom. The number of rotatable bonds is 6. The Morgan fingerprint density at radius 1 is 1.35 bits per heavy atom. The molecule has 0 aromatic carbocycles. The van der Waals surface area contributed by atoms with Crippen molar-refractivity contribution in [2.75, 3.05) is 26.4 Å². The van der Waals surface area contributed by atoms with E-state index in [0.29, 0.717) is 11.1 Å². The van der Waals surface area contributed by atoms with Crippen molar-refractivity contribution in [2.45, 2.75) is 31.3 Å². The maximum Gasteiger partial charge on any atom is 0.190 e. The van der Waals surface area contributed by atoms with Crippen molar-refractivity contribution in [3.8, 4) is 0 Å². The average molecular weight is 330 g/mol. The molecule has 20 heavy (non-hydrogen) atoms. The molecule has 2 aromatic heterocycles. The number of thiophene rings is 1. The smallest absolute Gasteiger partial charge is 0.190 e. The highest BCUT2D eigenvalue weighted by atomic mass is 35.5. The molecular formula is C14H20ClN3S2. The highest BCUT2D eigenvalue weighted by Crippen LogP contribution is 2.34. The lowest BCUT2D eigenvalue weighted by Gasteiger charge is -2.08. The van der Waals surface area contributed by atoms with Crippen molar-refractivity contribution in [3.63, 3.8) is 0 Å². The number of nitrogens with zero attached hydrogens (tertiary/aromatic N) is 3. The summed E-state index contributed by atoms with van der Waals surface area (Å²) in [6.45, 7) is 5.45. The first-order chi connectivity index (χ1) is 9.47. The van der Waals surface area contributed by atoms with Crippen LogP contribution in [0.15, 0.2) is 11.2 Å². The molecule has 0 amide bonds. The van der Waals surface area contributed by atoms with Gasteiger partial charge in [0.2, 0.25) is 0 Å². The van der Waals surface area contributed by atoms with Crippen LogP contribution in [-0.2, 0) is 0 Å². The molecule has 3 nitrogen and oxygen atoms in total. The summed E-state index contributed by atoms with van der Waals surface area (Å²) >= 11 is 9.68. The second kappa shape index (κ2) is 7.07. The minimum absolute atomic E-state index is 0.501. The monoisotopic (exact) mass is 329 g/mol. The second-order valence-electron chi connectivity index (χ2n) is 5.32. The highest BCUT2D eigenvalue weighted by Gasteiger charge is 2.12. The summed E-state index contributed by atoms with van der Waals surface area (Å²) in [5.41, 5.74) is 0. The fourth-order valence-corrected chi connectivity index (χ4v) is 3.97. The third-order valence-electron chi connectivity index (χ3n) is 2.89. The summed E-state index contributed by atoms with van der Waals surface area (Å²) in [6, 6.07) is 2.12. The van der Waals surface area contributed by atoms with Gasteiger partial charge in [0.25, 0.3) is 0 Å². The van der Waals surface area contributed by atoms with Crippen LogP contribution in [-0.4, -0.2) is 41.3 Å². The van der Waals surface area contributed by atoms with E-state index in [0.717, 1.165) is 34.1 Å². The largest absolute Gasteiger partial charge is 0.309 e. The van der Waals surface area contributed by atoms with E-state index in [9.17, 15) is 0 Å². The van der Waals surface area contributed by atoms with Crippen LogP contribution < -0.4 is 0 Å². The van der Waals surface area contributed by atoms with Crippen LogP contribution in [0, 0.1) is 0 Å². The van der Waals surface area contributed by atoms with Crippen molar-refractivity contribution in [3.05, 3.63) is 16.1 Å². The van der Waals surface area contributed by atoms with Crippen LogP contribution in [0.2, 0.25) is 5.15 Å². The molecule has 2 aromatic rings. The molecule has 0 aliphatic rings. The van der Waals surface area contributed by atoms with E-state index in [1.807, 2.05) is 0 Å². The lowest BCUT2D eigenvalue weighted by Crippen LogP contribution is -2.13. The van der Waals surface area contributed by atoms with Gasteiger partial charge < -0.3 is 4.90 Å². The molecule has 0 saturated carbocycles. The van der Waals surface area contributed by atoms with Gasteiger partial charge in [-0.25, -0.2) is 9.97 Å². The van der Waals surface area contributed by atoms with Crippen molar-refractivity contribution in [2.24, 2.45) is 0 Å². The molecule has 0 N–H and O–H groups in total. The van der Waals surface area contributed by atoms with Gasteiger partial charge in [0.05, 0.1) is 0 Å². The minimum Gasteiger partial charge on any atom is -0.309 e. The van der Waals surface area contributed by atoms with Crippen LogP contribution in [0.25, 0.3) is 10.2 Å². The fraction of sp³-hybridized carbons (Fsp3) is 0.571. The van der Waals surface area contributed by atoms with Gasteiger partial charge >= 0.3 is 0 Å². The highest BCUT2D eigenvalue weighted by molar-refractivity contribution is 7.99. The zero-order chi connectivity index (χ0) is 14.7. The number of hydrogen-bond donors (Lipinski definition) is 0. The van der Waals surface area contributed by atoms with Crippen LogP contribution in [0.3, 0.4) is 0 Å². The van der Waals surface area contributed by atoms with Gasteiger partial charge in [-0.05, 0) is 39.0 Å². The third-order valence-corrected chi connectivity index (χ3v) is 5.45. The van der Waals surface area contributed by atoms with E-state index in [1.54, 1.807) is 23.1 Å². The van der Waals surface area contributed by atoms with Gasteiger partial charge in [0, 0.05) is 16.0 Å². The molecule has 0 atom stereocenters. The Hall–Kier alpha value is -0.360. The summed E-state index contributed by atoms with van der Waals surface area (Å²) in [6.07, 6.45) is 1.12. The molecule has 0 radical (unpaired) electrons. The van der Waals surface area contributed by atoms with Crippen LogP contribution in [0.5, 0.6) is 0 Å². The standard InChI is InChI=1S/C14H20ClN3S2/c1-9(2)11-8-10-12(15)16-14(17-13(10)20-11)19-7-5-6-18(3)4/h8-9H,5-7H2,1-4H3. The second-order valence-corrected chi connectivity index (χ2v) is 7.81. The number of thioether (sulfide) groups is 1. The molecule has 2 heterocycles. The van der Waals surface area contributed by atoms with Gasteiger partial charge in [0.15, 0.2) is 5.16 Å². The molecule has 0 unspecified atom stereocenters. The van der Waals surface area contributed by atoms with Gasteiger partial charge in [-0.15, -0.1) is 11.3 Å². The Balaban J connectivity index is 2.11. The Kier molecular flexibility index (Phi) is 5.66. The van der Waals surface area contributed by atoms with Crippen molar-refractivity contribution in [1.82, 2.24) is 14.9 Å². The van der Waals surface area contributed by atoms with E-state index < -0.39 is 0 Å². The Labute approximate surface area is 133 Å². The first-order valence-corrected chi connectivity index (χ1v) is 8.90. The predicted octanol–water partition coefficient (Wildman–Crippen LogP) is 4.51. The molecule has 0 spiro atoms. The topological polar surface area (TPSA) is 29.0 Å². The van der Waals surface area contributed by atoms with E-state index in [2.05, 4.69) is 48.9 Å². The minimum atomic E-state index is 0.501. The predicted molar refractivity (Wildman–Crippen MR) is 90.4 cm³/mol. The zero-order valence-corrected chi connectivity index (χ0v) is 14.7. The molecule has 0 aliphatic heterocycles. The van der Waals surface area contributed by atoms with Crippen molar-refractivity contribution >= 4 is 44.9 Å². The molecule has 0 fully saturated rings. The summed E-state index contributed by atoms with van der Waals surface area (Å²) in [5.74, 6) is 1.52. The third kappa shape index (κ3) is 4.07. The zero-order valence-electron chi connectivity index (χ0n) is 12.3. The number of halogens is 1. The molecule has 0 bridgehead atoms. The van der Waals surface area contributed by atoms with Gasteiger partial charge in [0.1, 0.15) is 9.98 Å². The summed E-state index contributed by atoms with van der Waals surface area (Å²) in [4.78, 5) is 13.5. The number of fused-ring (bicyclic) bond motifs is 1. The molecule has 6 heteroatoms. The average Bonchev–Trinajstić information content (AvgIpc) is 2.79. The molecule has 0 aliphatic carbocycles. The lowest BCUT2D eigenvalue weighted by molar-refractivity contribution is 0.410. The van der Waals surface area contributed by atoms with E-state index in [1.165, 1.54) is 4.88 Å². The van der Waals surface area contributed by atoms with Crippen LogP contribution in [0.4, 0.5) is 0 Å². The number of aromatic nitrogens is 2. The fourth-order valence-electron chi connectivity index (χ4n) is 1.78. The van der Waals surface area contributed by atoms with Crippen LogP contribution in [0.1, 0.15) is 31.1 Å². The first-order valence-electron chi connectivity index (χ1n) is 6.72. The van der Waals surface area contributed by atoms with Gasteiger partial charge in [-0.2, -0.15) is 0 Å². The summed E-state index contributed by atoms with van der Waals surface area (Å²) in [7, 11) is 4.17. The number of hydrogen-bond acceptors (Lipinski definition) is 5. The Morgan fingerprint density at radius 3 is 2.75 bits per heavy atom. The maximum absolute atomic E-state index is 6.28. The van der Waals surface area contributed by atoms with E-state index >= 15 is 0 Å². The normalized spacial score (nSPS) is 11.9. The van der Waals surface area contributed by atoms with E-state index in [-0.39, 0.29) is 0 Å². The maximum atomic E-state index is 6.28. The Bertz CT molecular complexity index is 581. The SMILES string of the molecule is CC(C)c1cc2c(Cl)nc(SCCCN(C)C)nc2s1. The molecular weight excluding hydrogens is 310 g/mol. The molecule has 0 saturated heterocycles. The van der Waals surface area contributed by atoms with Crippen LogP contribution >= 0.6 is 34.7 Å². The quantitative estimate of drug-likeness (QED) is 0.337. The van der Waals surface area contributed by atoms with Crippen molar-refractivity contribution < 1.29 is 0 Å². The molecule has 2 rings (SSSR count).